The molecule has 6 heteroatoms. The van der Waals surface area contributed by atoms with Gasteiger partial charge in [0.1, 0.15) is 6.04 Å². The molecule has 1 saturated heterocycles. The first-order valence-corrected chi connectivity index (χ1v) is 7.02. The lowest BCUT2D eigenvalue weighted by Crippen LogP contribution is -2.46. The molecule has 5 nitrogen and oxygen atoms in total. The summed E-state index contributed by atoms with van der Waals surface area (Å²) in [7, 11) is 0. The third kappa shape index (κ3) is 3.07. The lowest BCUT2D eigenvalue weighted by Gasteiger charge is -2.23. The topological polar surface area (TPSA) is 62.3 Å². The van der Waals surface area contributed by atoms with Gasteiger partial charge < -0.3 is 10.2 Å². The standard InChI is InChI=1S/C12H17N3O2S/c1-9(15-7-2-3-11(15)16)12(17)14-5-4-10-13-6-8-18-10/h6,8-9H,2-5,7H2,1H3,(H,14,17). The Balaban J connectivity index is 1.75. The van der Waals surface area contributed by atoms with E-state index in [0.717, 1.165) is 17.8 Å². The summed E-state index contributed by atoms with van der Waals surface area (Å²) in [5.41, 5.74) is 0. The lowest BCUT2D eigenvalue weighted by atomic mass is 10.2. The fraction of sp³-hybridized carbons (Fsp3) is 0.583. The summed E-state index contributed by atoms with van der Waals surface area (Å²) in [4.78, 5) is 29.2. The normalized spacial score (nSPS) is 16.9. The van der Waals surface area contributed by atoms with Crippen LogP contribution in [0.2, 0.25) is 0 Å². The number of aromatic nitrogens is 1. The zero-order chi connectivity index (χ0) is 13.0. The van der Waals surface area contributed by atoms with Gasteiger partial charge >= 0.3 is 0 Å². The van der Waals surface area contributed by atoms with Gasteiger partial charge in [0.2, 0.25) is 11.8 Å². The van der Waals surface area contributed by atoms with E-state index in [1.54, 1.807) is 29.4 Å². The highest BCUT2D eigenvalue weighted by atomic mass is 32.1. The zero-order valence-corrected chi connectivity index (χ0v) is 11.2. The molecule has 98 valence electrons. The Morgan fingerprint density at radius 3 is 3.11 bits per heavy atom. The second kappa shape index (κ2) is 5.95. The molecule has 2 amide bonds. The molecular formula is C12H17N3O2S. The number of likely N-dealkylation sites (tertiary alicyclic amines) is 1. The summed E-state index contributed by atoms with van der Waals surface area (Å²) in [5.74, 6) is -0.000574. The van der Waals surface area contributed by atoms with Gasteiger partial charge in [-0.15, -0.1) is 11.3 Å². The summed E-state index contributed by atoms with van der Waals surface area (Å²) in [6.45, 7) is 3.04. The van der Waals surface area contributed by atoms with Crippen molar-refractivity contribution in [2.75, 3.05) is 13.1 Å². The smallest absolute Gasteiger partial charge is 0.242 e. The van der Waals surface area contributed by atoms with Gasteiger partial charge in [0.05, 0.1) is 5.01 Å². The molecule has 1 atom stereocenters. The predicted molar refractivity (Wildman–Crippen MR) is 69.2 cm³/mol. The molecule has 0 saturated carbocycles. The molecule has 0 aliphatic carbocycles. The van der Waals surface area contributed by atoms with Gasteiger partial charge in [-0.3, -0.25) is 9.59 Å². The molecule has 2 heterocycles. The van der Waals surface area contributed by atoms with Gasteiger partial charge in [0.15, 0.2) is 0 Å². The zero-order valence-electron chi connectivity index (χ0n) is 10.4. The molecule has 0 bridgehead atoms. The van der Waals surface area contributed by atoms with Crippen LogP contribution in [0.25, 0.3) is 0 Å². The van der Waals surface area contributed by atoms with Crippen molar-refractivity contribution >= 4 is 23.2 Å². The predicted octanol–water partition coefficient (Wildman–Crippen LogP) is 0.813. The maximum atomic E-state index is 11.9. The summed E-state index contributed by atoms with van der Waals surface area (Å²) in [6, 6.07) is -0.365. The molecule has 18 heavy (non-hydrogen) atoms. The number of hydrogen-bond acceptors (Lipinski definition) is 4. The molecule has 1 N–H and O–H groups in total. The molecule has 1 aromatic heterocycles. The molecular weight excluding hydrogens is 250 g/mol. The van der Waals surface area contributed by atoms with Crippen LogP contribution < -0.4 is 5.32 Å². The van der Waals surface area contributed by atoms with Crippen molar-refractivity contribution in [1.29, 1.82) is 0 Å². The number of thiazole rings is 1. The maximum absolute atomic E-state index is 11.9. The molecule has 0 radical (unpaired) electrons. The van der Waals surface area contributed by atoms with Crippen molar-refractivity contribution < 1.29 is 9.59 Å². The number of nitrogens with zero attached hydrogens (tertiary/aromatic N) is 2. The van der Waals surface area contributed by atoms with Gasteiger partial charge in [0.25, 0.3) is 0 Å². The van der Waals surface area contributed by atoms with Gasteiger partial charge in [-0.1, -0.05) is 0 Å². The van der Waals surface area contributed by atoms with Gasteiger partial charge in [-0.05, 0) is 13.3 Å². The van der Waals surface area contributed by atoms with E-state index in [1.807, 2.05) is 5.38 Å². The van der Waals surface area contributed by atoms with E-state index in [-0.39, 0.29) is 17.9 Å². The number of nitrogens with one attached hydrogen (secondary N) is 1. The molecule has 0 aromatic carbocycles. The Labute approximate surface area is 110 Å². The second-order valence-electron chi connectivity index (χ2n) is 4.33. The monoisotopic (exact) mass is 267 g/mol. The van der Waals surface area contributed by atoms with E-state index in [4.69, 9.17) is 0 Å². The minimum atomic E-state index is -0.365. The maximum Gasteiger partial charge on any atom is 0.242 e. The van der Waals surface area contributed by atoms with Gasteiger partial charge in [-0.2, -0.15) is 0 Å². The van der Waals surface area contributed by atoms with Crippen molar-refractivity contribution in [3.63, 3.8) is 0 Å². The summed E-state index contributed by atoms with van der Waals surface area (Å²) >= 11 is 1.58. The quantitative estimate of drug-likeness (QED) is 0.859. The molecule has 0 spiro atoms. The van der Waals surface area contributed by atoms with E-state index < -0.39 is 0 Å². The SMILES string of the molecule is CC(C(=O)NCCc1nccs1)N1CCCC1=O. The summed E-state index contributed by atoms with van der Waals surface area (Å²) in [5, 5.41) is 5.79. The Kier molecular flexibility index (Phi) is 4.30. The summed E-state index contributed by atoms with van der Waals surface area (Å²) in [6.07, 6.45) is 3.92. The van der Waals surface area contributed by atoms with Crippen LogP contribution in [0.3, 0.4) is 0 Å². The fourth-order valence-electron chi connectivity index (χ4n) is 2.04. The van der Waals surface area contributed by atoms with Crippen LogP contribution in [0.4, 0.5) is 0 Å². The van der Waals surface area contributed by atoms with Crippen LogP contribution in [0.15, 0.2) is 11.6 Å². The van der Waals surface area contributed by atoms with Crippen molar-refractivity contribution in [3.8, 4) is 0 Å². The van der Waals surface area contributed by atoms with E-state index >= 15 is 0 Å². The third-order valence-electron chi connectivity index (χ3n) is 3.08. The Hall–Kier alpha value is -1.43. The minimum absolute atomic E-state index is 0.0811. The van der Waals surface area contributed by atoms with Crippen molar-refractivity contribution in [1.82, 2.24) is 15.2 Å². The van der Waals surface area contributed by atoms with Crippen molar-refractivity contribution in [2.24, 2.45) is 0 Å². The highest BCUT2D eigenvalue weighted by molar-refractivity contribution is 7.09. The Morgan fingerprint density at radius 2 is 2.50 bits per heavy atom. The third-order valence-corrected chi connectivity index (χ3v) is 3.92. The average molecular weight is 267 g/mol. The molecule has 1 aliphatic heterocycles. The van der Waals surface area contributed by atoms with Crippen LogP contribution in [0, 0.1) is 0 Å². The summed E-state index contributed by atoms with van der Waals surface area (Å²) < 4.78 is 0. The van der Waals surface area contributed by atoms with Crippen LogP contribution >= 0.6 is 11.3 Å². The number of carbonyl (C=O) groups excluding carboxylic acids is 2. The highest BCUT2D eigenvalue weighted by Gasteiger charge is 2.28. The van der Waals surface area contributed by atoms with E-state index in [2.05, 4.69) is 10.3 Å². The number of amides is 2. The van der Waals surface area contributed by atoms with Crippen molar-refractivity contribution in [3.05, 3.63) is 16.6 Å². The molecule has 1 aliphatic rings. The van der Waals surface area contributed by atoms with Crippen LogP contribution in [-0.2, 0) is 16.0 Å². The first-order valence-electron chi connectivity index (χ1n) is 6.14. The van der Waals surface area contributed by atoms with Gasteiger partial charge in [0, 0.05) is 37.5 Å². The van der Waals surface area contributed by atoms with Crippen LogP contribution in [0.5, 0.6) is 0 Å². The lowest BCUT2D eigenvalue weighted by molar-refractivity contribution is -0.136. The molecule has 1 aromatic rings. The average Bonchev–Trinajstić information content (AvgIpc) is 2.99. The highest BCUT2D eigenvalue weighted by Crippen LogP contribution is 2.13. The number of hydrogen-bond donors (Lipinski definition) is 1. The van der Waals surface area contributed by atoms with Gasteiger partial charge in [-0.25, -0.2) is 4.98 Å². The van der Waals surface area contributed by atoms with E-state index in [9.17, 15) is 9.59 Å². The molecule has 2 rings (SSSR count). The Bertz CT molecular complexity index is 419. The first kappa shape index (κ1) is 13.0. The number of rotatable bonds is 5. The Morgan fingerprint density at radius 1 is 1.67 bits per heavy atom. The fourth-order valence-corrected chi connectivity index (χ4v) is 2.66. The minimum Gasteiger partial charge on any atom is -0.354 e. The van der Waals surface area contributed by atoms with E-state index in [0.29, 0.717) is 19.5 Å². The molecule has 1 unspecified atom stereocenters. The van der Waals surface area contributed by atoms with E-state index in [1.165, 1.54) is 0 Å². The number of carbonyl (C=O) groups is 2. The second-order valence-corrected chi connectivity index (χ2v) is 5.31. The largest absolute Gasteiger partial charge is 0.354 e. The van der Waals surface area contributed by atoms with Crippen LogP contribution in [0.1, 0.15) is 24.8 Å². The first-order chi connectivity index (χ1) is 8.68. The van der Waals surface area contributed by atoms with Crippen LogP contribution in [-0.4, -0.2) is 40.8 Å². The van der Waals surface area contributed by atoms with Crippen molar-refractivity contribution in [2.45, 2.75) is 32.2 Å². The molecule has 1 fully saturated rings.